The number of para-hydroxylation sites is 1. The fraction of sp³-hybridized carbons (Fsp3) is 0.222. The number of fused-ring (bicyclic) bond motifs is 1. The molecule has 0 fully saturated rings. The summed E-state index contributed by atoms with van der Waals surface area (Å²) in [5.41, 5.74) is 1.24. The Labute approximate surface area is 60.6 Å². The van der Waals surface area contributed by atoms with Crippen LogP contribution >= 0.6 is 0 Å². The molecule has 1 nitrogen and oxygen atoms in total. The second-order valence-electron chi connectivity index (χ2n) is 2.32. The molecule has 1 aromatic carbocycles. The molecule has 1 aromatic rings. The first kappa shape index (κ1) is 5.78. The van der Waals surface area contributed by atoms with Gasteiger partial charge >= 0.3 is 0 Å². The first-order valence-electron chi connectivity index (χ1n) is 3.38. The third-order valence-corrected chi connectivity index (χ3v) is 1.62. The minimum atomic E-state index is 0.636. The van der Waals surface area contributed by atoms with Crippen LogP contribution in [0, 0.1) is 6.42 Å². The van der Waals surface area contributed by atoms with Crippen molar-refractivity contribution in [1.29, 1.82) is 0 Å². The Bertz CT molecular complexity index is 205. The molecule has 0 saturated heterocycles. The standard InChI is InChI=1S/C9H8O/c1-2-6-9-8(4-1)5-3-7-10-9/h1-2,4,6H,5,7H2. The molecular formula is C9H8O. The molecule has 2 radical (unpaired) electrons. The molecule has 0 amide bonds. The molecule has 0 bridgehead atoms. The molecule has 0 aromatic heterocycles. The van der Waals surface area contributed by atoms with Crippen LogP contribution in [-0.2, 0) is 6.42 Å². The Morgan fingerprint density at radius 3 is 3.10 bits per heavy atom. The van der Waals surface area contributed by atoms with E-state index in [1.165, 1.54) is 5.56 Å². The van der Waals surface area contributed by atoms with Gasteiger partial charge < -0.3 is 4.74 Å². The first-order valence-corrected chi connectivity index (χ1v) is 3.38. The Kier molecular flexibility index (Phi) is 1.35. The Morgan fingerprint density at radius 1 is 1.30 bits per heavy atom. The maximum absolute atomic E-state index is 5.31. The summed E-state index contributed by atoms with van der Waals surface area (Å²) in [5, 5.41) is 0. The van der Waals surface area contributed by atoms with Crippen molar-refractivity contribution in [3.63, 3.8) is 0 Å². The third kappa shape index (κ3) is 0.878. The molecule has 1 heteroatoms. The summed E-state index contributed by atoms with van der Waals surface area (Å²) in [6.45, 7) is 0.636. The van der Waals surface area contributed by atoms with E-state index in [1.54, 1.807) is 0 Å². The number of hydrogen-bond donors (Lipinski definition) is 0. The summed E-state index contributed by atoms with van der Waals surface area (Å²) >= 11 is 0. The van der Waals surface area contributed by atoms with E-state index in [2.05, 4.69) is 12.5 Å². The monoisotopic (exact) mass is 132 g/mol. The van der Waals surface area contributed by atoms with Gasteiger partial charge in [0.15, 0.2) is 0 Å². The number of hydrogen-bond acceptors (Lipinski definition) is 1. The molecule has 1 aliphatic heterocycles. The summed E-state index contributed by atoms with van der Waals surface area (Å²) in [4.78, 5) is 0. The van der Waals surface area contributed by atoms with Gasteiger partial charge in [-0.25, -0.2) is 0 Å². The van der Waals surface area contributed by atoms with E-state index in [0.717, 1.165) is 12.2 Å². The SMILES string of the molecule is [C]1COc2ccccc2C1. The average molecular weight is 132 g/mol. The van der Waals surface area contributed by atoms with Gasteiger partial charge in [-0.2, -0.15) is 0 Å². The van der Waals surface area contributed by atoms with Gasteiger partial charge in [0.25, 0.3) is 0 Å². The largest absolute Gasteiger partial charge is 0.493 e. The molecule has 0 unspecified atom stereocenters. The van der Waals surface area contributed by atoms with E-state index < -0.39 is 0 Å². The zero-order valence-corrected chi connectivity index (χ0v) is 5.63. The van der Waals surface area contributed by atoms with Gasteiger partial charge in [0.1, 0.15) is 5.75 Å². The zero-order chi connectivity index (χ0) is 6.81. The first-order chi connectivity index (χ1) is 4.97. The van der Waals surface area contributed by atoms with Crippen molar-refractivity contribution in [1.82, 2.24) is 0 Å². The lowest BCUT2D eigenvalue weighted by atomic mass is 10.1. The average Bonchev–Trinajstić information content (AvgIpc) is 2.05. The molecule has 1 heterocycles. The van der Waals surface area contributed by atoms with Crippen molar-refractivity contribution in [2.24, 2.45) is 0 Å². The number of benzene rings is 1. The maximum Gasteiger partial charge on any atom is 0.122 e. The summed E-state index contributed by atoms with van der Waals surface area (Å²) in [5.74, 6) is 1.02. The van der Waals surface area contributed by atoms with Gasteiger partial charge in [0, 0.05) is 6.42 Å². The lowest BCUT2D eigenvalue weighted by Gasteiger charge is -2.15. The van der Waals surface area contributed by atoms with E-state index in [9.17, 15) is 0 Å². The molecule has 0 N–H and O–H groups in total. The molecule has 1 aliphatic rings. The lowest BCUT2D eigenvalue weighted by molar-refractivity contribution is 0.328. The van der Waals surface area contributed by atoms with Crippen LogP contribution in [-0.4, -0.2) is 6.61 Å². The van der Waals surface area contributed by atoms with Crippen LogP contribution in [0.5, 0.6) is 5.75 Å². The zero-order valence-electron chi connectivity index (χ0n) is 5.63. The number of rotatable bonds is 0. The molecule has 10 heavy (non-hydrogen) atoms. The summed E-state index contributed by atoms with van der Waals surface area (Å²) in [6, 6.07) is 8.08. The van der Waals surface area contributed by atoms with Crippen LogP contribution < -0.4 is 4.74 Å². The van der Waals surface area contributed by atoms with Crippen molar-refractivity contribution in [3.05, 3.63) is 36.2 Å². The highest BCUT2D eigenvalue weighted by Gasteiger charge is 2.07. The highest BCUT2D eigenvalue weighted by Crippen LogP contribution is 2.22. The summed E-state index contributed by atoms with van der Waals surface area (Å²) < 4.78 is 5.31. The van der Waals surface area contributed by atoms with Crippen LogP contribution in [0.25, 0.3) is 0 Å². The Balaban J connectivity index is 2.41. The minimum absolute atomic E-state index is 0.636. The molecule has 0 atom stereocenters. The van der Waals surface area contributed by atoms with Crippen molar-refractivity contribution in [2.75, 3.05) is 6.61 Å². The summed E-state index contributed by atoms with van der Waals surface area (Å²) in [6.07, 6.45) is 4.05. The highest BCUT2D eigenvalue weighted by molar-refractivity contribution is 5.35. The molecule has 0 aliphatic carbocycles. The van der Waals surface area contributed by atoms with E-state index in [4.69, 9.17) is 4.74 Å². The van der Waals surface area contributed by atoms with E-state index in [1.807, 2.05) is 18.2 Å². The smallest absolute Gasteiger partial charge is 0.122 e. The maximum atomic E-state index is 5.31. The normalized spacial score (nSPS) is 15.6. The highest BCUT2D eigenvalue weighted by atomic mass is 16.5. The van der Waals surface area contributed by atoms with Crippen molar-refractivity contribution < 1.29 is 4.74 Å². The predicted molar refractivity (Wildman–Crippen MR) is 38.9 cm³/mol. The molecule has 50 valence electrons. The van der Waals surface area contributed by atoms with Gasteiger partial charge in [-0.3, -0.25) is 0 Å². The fourth-order valence-electron chi connectivity index (χ4n) is 1.11. The van der Waals surface area contributed by atoms with Crippen LogP contribution in [0.1, 0.15) is 5.56 Å². The van der Waals surface area contributed by atoms with Crippen molar-refractivity contribution in [3.8, 4) is 5.75 Å². The third-order valence-electron chi connectivity index (χ3n) is 1.62. The van der Waals surface area contributed by atoms with Gasteiger partial charge in [-0.1, -0.05) is 18.2 Å². The van der Waals surface area contributed by atoms with Gasteiger partial charge in [0.05, 0.1) is 6.61 Å². The van der Waals surface area contributed by atoms with E-state index >= 15 is 0 Å². The van der Waals surface area contributed by atoms with Crippen LogP contribution in [0.4, 0.5) is 0 Å². The van der Waals surface area contributed by atoms with E-state index in [0.29, 0.717) is 6.61 Å². The molecular weight excluding hydrogens is 124 g/mol. The minimum Gasteiger partial charge on any atom is -0.493 e. The van der Waals surface area contributed by atoms with Crippen LogP contribution in [0.3, 0.4) is 0 Å². The van der Waals surface area contributed by atoms with Crippen LogP contribution in [0.2, 0.25) is 0 Å². The van der Waals surface area contributed by atoms with E-state index in [-0.39, 0.29) is 0 Å². The van der Waals surface area contributed by atoms with Gasteiger partial charge in [-0.15, -0.1) is 0 Å². The molecule has 0 saturated carbocycles. The quantitative estimate of drug-likeness (QED) is 0.522. The predicted octanol–water partition coefficient (Wildman–Crippen LogP) is 1.70. The van der Waals surface area contributed by atoms with Gasteiger partial charge in [0.2, 0.25) is 0 Å². The van der Waals surface area contributed by atoms with Gasteiger partial charge in [-0.05, 0) is 18.1 Å². The van der Waals surface area contributed by atoms with Crippen molar-refractivity contribution >= 4 is 0 Å². The molecule has 2 rings (SSSR count). The number of ether oxygens (including phenoxy) is 1. The van der Waals surface area contributed by atoms with Crippen LogP contribution in [0.15, 0.2) is 24.3 Å². The van der Waals surface area contributed by atoms with Crippen molar-refractivity contribution in [2.45, 2.75) is 6.42 Å². The Hall–Kier alpha value is -0.980. The topological polar surface area (TPSA) is 9.23 Å². The Morgan fingerprint density at radius 2 is 2.20 bits per heavy atom. The lowest BCUT2D eigenvalue weighted by Crippen LogP contribution is -2.08. The second kappa shape index (κ2) is 2.33. The fourth-order valence-corrected chi connectivity index (χ4v) is 1.11. The molecule has 0 spiro atoms. The second-order valence-corrected chi connectivity index (χ2v) is 2.32. The summed E-state index contributed by atoms with van der Waals surface area (Å²) in [7, 11) is 0.